The van der Waals surface area contributed by atoms with Crippen LogP contribution in [0.15, 0.2) is 12.4 Å². The molecular formula is C12H22N4. The van der Waals surface area contributed by atoms with E-state index >= 15 is 0 Å². The molecule has 1 aromatic heterocycles. The SMILES string of the molecule is CC.Cc1cc(N2CCN(C)CC2)ncn1. The average molecular weight is 222 g/mol. The Bertz CT molecular complexity index is 306. The number of hydrogen-bond donors (Lipinski definition) is 0. The van der Waals surface area contributed by atoms with Gasteiger partial charge in [-0.1, -0.05) is 13.8 Å². The van der Waals surface area contributed by atoms with Crippen LogP contribution in [0.25, 0.3) is 0 Å². The maximum absolute atomic E-state index is 4.28. The standard InChI is InChI=1S/C10H16N4.C2H6/c1-9-7-10(12-8-11-9)14-5-3-13(2)4-6-14;1-2/h7-8H,3-6H2,1-2H3;1-2H3. The number of anilines is 1. The second kappa shape index (κ2) is 6.43. The van der Waals surface area contributed by atoms with Gasteiger partial charge in [-0.3, -0.25) is 0 Å². The molecule has 1 fully saturated rings. The number of aryl methyl sites for hydroxylation is 1. The first-order valence-corrected chi connectivity index (χ1v) is 5.98. The topological polar surface area (TPSA) is 32.3 Å². The highest BCUT2D eigenvalue weighted by Gasteiger charge is 2.14. The van der Waals surface area contributed by atoms with Gasteiger partial charge in [-0.05, 0) is 14.0 Å². The zero-order chi connectivity index (χ0) is 12.0. The van der Waals surface area contributed by atoms with Crippen LogP contribution < -0.4 is 4.90 Å². The van der Waals surface area contributed by atoms with Crippen molar-refractivity contribution in [3.8, 4) is 0 Å². The van der Waals surface area contributed by atoms with Crippen molar-refractivity contribution in [1.82, 2.24) is 14.9 Å². The number of nitrogens with zero attached hydrogens (tertiary/aromatic N) is 4. The van der Waals surface area contributed by atoms with Crippen LogP contribution in [0.1, 0.15) is 19.5 Å². The van der Waals surface area contributed by atoms with Crippen molar-refractivity contribution >= 4 is 5.82 Å². The Morgan fingerprint density at radius 3 is 2.25 bits per heavy atom. The van der Waals surface area contributed by atoms with Crippen LogP contribution in [-0.4, -0.2) is 48.1 Å². The fraction of sp³-hybridized carbons (Fsp3) is 0.667. The summed E-state index contributed by atoms with van der Waals surface area (Å²) in [6.45, 7) is 10.4. The van der Waals surface area contributed by atoms with Gasteiger partial charge >= 0.3 is 0 Å². The number of piperazine rings is 1. The lowest BCUT2D eigenvalue weighted by molar-refractivity contribution is 0.312. The summed E-state index contributed by atoms with van der Waals surface area (Å²) >= 11 is 0. The Balaban J connectivity index is 0.000000606. The highest BCUT2D eigenvalue weighted by atomic mass is 15.3. The number of aromatic nitrogens is 2. The number of likely N-dealkylation sites (N-methyl/N-ethyl adjacent to an activating group) is 1. The summed E-state index contributed by atoms with van der Waals surface area (Å²) in [7, 11) is 2.16. The largest absolute Gasteiger partial charge is 0.354 e. The molecule has 0 aliphatic carbocycles. The molecule has 0 amide bonds. The third-order valence-corrected chi connectivity index (χ3v) is 2.62. The molecule has 2 heterocycles. The second-order valence-corrected chi connectivity index (χ2v) is 3.81. The third kappa shape index (κ3) is 3.45. The maximum atomic E-state index is 4.28. The van der Waals surface area contributed by atoms with Gasteiger partial charge in [-0.2, -0.15) is 0 Å². The highest BCUT2D eigenvalue weighted by Crippen LogP contribution is 2.12. The molecule has 2 rings (SSSR count). The molecule has 0 unspecified atom stereocenters. The van der Waals surface area contributed by atoms with Crippen LogP contribution >= 0.6 is 0 Å². The Kier molecular flexibility index (Phi) is 5.19. The van der Waals surface area contributed by atoms with E-state index in [4.69, 9.17) is 0 Å². The molecule has 1 saturated heterocycles. The van der Waals surface area contributed by atoms with Crippen LogP contribution in [0.5, 0.6) is 0 Å². The van der Waals surface area contributed by atoms with Crippen LogP contribution in [0.4, 0.5) is 5.82 Å². The van der Waals surface area contributed by atoms with Gasteiger partial charge in [-0.15, -0.1) is 0 Å². The summed E-state index contributed by atoms with van der Waals surface area (Å²) < 4.78 is 0. The van der Waals surface area contributed by atoms with E-state index in [1.165, 1.54) is 0 Å². The van der Waals surface area contributed by atoms with Crippen LogP contribution in [0.2, 0.25) is 0 Å². The molecule has 0 spiro atoms. The minimum Gasteiger partial charge on any atom is -0.354 e. The fourth-order valence-corrected chi connectivity index (χ4v) is 1.65. The molecule has 1 aliphatic heterocycles. The first kappa shape index (κ1) is 12.9. The van der Waals surface area contributed by atoms with Crippen LogP contribution in [0.3, 0.4) is 0 Å². The monoisotopic (exact) mass is 222 g/mol. The molecule has 0 bridgehead atoms. The van der Waals surface area contributed by atoms with Crippen LogP contribution in [-0.2, 0) is 0 Å². The van der Waals surface area contributed by atoms with E-state index in [9.17, 15) is 0 Å². The molecule has 90 valence electrons. The Labute approximate surface area is 98.3 Å². The molecule has 4 nitrogen and oxygen atoms in total. The van der Waals surface area contributed by atoms with E-state index in [0.717, 1.165) is 37.7 Å². The first-order valence-electron chi connectivity index (χ1n) is 5.98. The third-order valence-electron chi connectivity index (χ3n) is 2.62. The van der Waals surface area contributed by atoms with Crippen LogP contribution in [0, 0.1) is 6.92 Å². The van der Waals surface area contributed by atoms with Crippen molar-refractivity contribution in [2.24, 2.45) is 0 Å². The molecule has 0 N–H and O–H groups in total. The molecule has 4 heteroatoms. The zero-order valence-corrected chi connectivity index (χ0v) is 10.8. The van der Waals surface area contributed by atoms with Crippen molar-refractivity contribution in [2.75, 3.05) is 38.1 Å². The van der Waals surface area contributed by atoms with Crippen molar-refractivity contribution in [3.05, 3.63) is 18.1 Å². The van der Waals surface area contributed by atoms with E-state index in [0.29, 0.717) is 0 Å². The lowest BCUT2D eigenvalue weighted by Gasteiger charge is -2.33. The van der Waals surface area contributed by atoms with Crippen molar-refractivity contribution in [1.29, 1.82) is 0 Å². The molecular weight excluding hydrogens is 200 g/mol. The van der Waals surface area contributed by atoms with Gasteiger partial charge in [0.25, 0.3) is 0 Å². The van der Waals surface area contributed by atoms with Crippen molar-refractivity contribution in [2.45, 2.75) is 20.8 Å². The molecule has 0 atom stereocenters. The molecule has 1 aliphatic rings. The average Bonchev–Trinajstić information content (AvgIpc) is 2.32. The van der Waals surface area contributed by atoms with Gasteiger partial charge in [0, 0.05) is 37.9 Å². The van der Waals surface area contributed by atoms with Gasteiger partial charge in [0.1, 0.15) is 12.1 Å². The van der Waals surface area contributed by atoms with Gasteiger partial charge in [-0.25, -0.2) is 9.97 Å². The van der Waals surface area contributed by atoms with E-state index in [2.05, 4.69) is 26.8 Å². The molecule has 16 heavy (non-hydrogen) atoms. The second-order valence-electron chi connectivity index (χ2n) is 3.81. The fourth-order valence-electron chi connectivity index (χ4n) is 1.65. The van der Waals surface area contributed by atoms with Gasteiger partial charge in [0.2, 0.25) is 0 Å². The Morgan fingerprint density at radius 2 is 1.69 bits per heavy atom. The lowest BCUT2D eigenvalue weighted by Crippen LogP contribution is -2.44. The predicted octanol–water partition coefficient (Wildman–Crippen LogP) is 1.56. The lowest BCUT2D eigenvalue weighted by atomic mass is 10.3. The Morgan fingerprint density at radius 1 is 1.06 bits per heavy atom. The minimum absolute atomic E-state index is 1.04. The van der Waals surface area contributed by atoms with Crippen molar-refractivity contribution < 1.29 is 0 Å². The zero-order valence-electron chi connectivity index (χ0n) is 10.8. The van der Waals surface area contributed by atoms with E-state index in [-0.39, 0.29) is 0 Å². The summed E-state index contributed by atoms with van der Waals surface area (Å²) in [5, 5.41) is 0. The molecule has 0 radical (unpaired) electrons. The predicted molar refractivity (Wildman–Crippen MR) is 67.8 cm³/mol. The van der Waals surface area contributed by atoms with E-state index < -0.39 is 0 Å². The molecule has 0 saturated carbocycles. The van der Waals surface area contributed by atoms with Gasteiger partial charge in [0.15, 0.2) is 0 Å². The smallest absolute Gasteiger partial charge is 0.132 e. The highest BCUT2D eigenvalue weighted by molar-refractivity contribution is 5.39. The van der Waals surface area contributed by atoms with Gasteiger partial charge < -0.3 is 9.80 Å². The number of rotatable bonds is 1. The summed E-state index contributed by atoms with van der Waals surface area (Å²) in [6, 6.07) is 2.05. The Hall–Kier alpha value is -1.16. The summed E-state index contributed by atoms with van der Waals surface area (Å²) in [4.78, 5) is 13.0. The number of hydrogen-bond acceptors (Lipinski definition) is 4. The summed E-state index contributed by atoms with van der Waals surface area (Å²) in [6.07, 6.45) is 1.64. The van der Waals surface area contributed by atoms with Gasteiger partial charge in [0.05, 0.1) is 0 Å². The van der Waals surface area contributed by atoms with E-state index in [1.54, 1.807) is 6.33 Å². The molecule has 0 aromatic carbocycles. The molecule has 1 aromatic rings. The first-order chi connectivity index (χ1) is 7.75. The quantitative estimate of drug-likeness (QED) is 0.722. The van der Waals surface area contributed by atoms with E-state index in [1.807, 2.05) is 26.8 Å². The maximum Gasteiger partial charge on any atom is 0.132 e. The minimum atomic E-state index is 1.04. The summed E-state index contributed by atoms with van der Waals surface area (Å²) in [5.74, 6) is 1.06. The van der Waals surface area contributed by atoms with Crippen molar-refractivity contribution in [3.63, 3.8) is 0 Å². The normalized spacial score (nSPS) is 16.6. The summed E-state index contributed by atoms with van der Waals surface area (Å²) in [5.41, 5.74) is 1.04.